The maximum Gasteiger partial charge on any atom is 0.428 e. The summed E-state index contributed by atoms with van der Waals surface area (Å²) in [6.07, 6.45) is -5.41. The fourth-order valence-corrected chi connectivity index (χ4v) is 1.29. The molecule has 0 aliphatic heterocycles. The van der Waals surface area contributed by atoms with Crippen LogP contribution in [0.3, 0.4) is 0 Å². The lowest BCUT2D eigenvalue weighted by Gasteiger charge is -2.26. The highest BCUT2D eigenvalue weighted by Crippen LogP contribution is 2.35. The Hall–Kier alpha value is -1.83. The molecule has 1 unspecified atom stereocenters. The molecule has 8 heteroatoms. The number of aliphatic hydroxyl groups is 1. The zero-order valence-corrected chi connectivity index (χ0v) is 9.25. The second-order valence-corrected chi connectivity index (χ2v) is 3.53. The molecule has 1 rings (SSSR count). The van der Waals surface area contributed by atoms with Gasteiger partial charge in [0.15, 0.2) is 5.78 Å². The van der Waals surface area contributed by atoms with Crippen molar-refractivity contribution in [3.63, 3.8) is 0 Å². The summed E-state index contributed by atoms with van der Waals surface area (Å²) in [5.41, 5.74) is -3.98. The topological polar surface area (TPSA) is 79.4 Å². The Labute approximate surface area is 99.6 Å². The molecule has 0 aromatic carbocycles. The molecule has 0 fully saturated rings. The van der Waals surface area contributed by atoms with Gasteiger partial charge < -0.3 is 14.8 Å². The fraction of sp³-hybridized carbons (Fsp3) is 0.400. The number of nitrogens with one attached hydrogen (secondary N) is 1. The number of H-pyrrole nitrogens is 1. The molecule has 2 N–H and O–H groups in total. The van der Waals surface area contributed by atoms with Crippen LogP contribution in [0.4, 0.5) is 13.2 Å². The molecule has 1 heterocycles. The number of ketones is 1. The number of ether oxygens (including phenoxy) is 1. The summed E-state index contributed by atoms with van der Waals surface area (Å²) in [4.78, 5) is 24.9. The third-order valence-corrected chi connectivity index (χ3v) is 2.31. The van der Waals surface area contributed by atoms with Crippen molar-refractivity contribution >= 4 is 11.8 Å². The van der Waals surface area contributed by atoms with Gasteiger partial charge in [-0.15, -0.1) is 0 Å². The van der Waals surface area contributed by atoms with Crippen molar-refractivity contribution in [2.24, 2.45) is 0 Å². The molecule has 0 saturated heterocycles. The van der Waals surface area contributed by atoms with E-state index in [0.29, 0.717) is 7.11 Å². The first-order valence-corrected chi connectivity index (χ1v) is 4.76. The molecule has 0 aliphatic rings. The summed E-state index contributed by atoms with van der Waals surface area (Å²) < 4.78 is 41.8. The van der Waals surface area contributed by atoms with Crippen molar-refractivity contribution in [1.82, 2.24) is 4.98 Å². The molecule has 0 bridgehead atoms. The van der Waals surface area contributed by atoms with Crippen LogP contribution in [0.1, 0.15) is 16.9 Å². The second kappa shape index (κ2) is 4.81. The van der Waals surface area contributed by atoms with Gasteiger partial charge in [-0.05, 0) is 12.1 Å². The van der Waals surface area contributed by atoms with Gasteiger partial charge in [-0.3, -0.25) is 4.79 Å². The maximum absolute atomic E-state index is 12.6. The molecule has 1 aromatic rings. The van der Waals surface area contributed by atoms with E-state index in [9.17, 15) is 27.9 Å². The van der Waals surface area contributed by atoms with Gasteiger partial charge in [-0.1, -0.05) is 0 Å². The summed E-state index contributed by atoms with van der Waals surface area (Å²) in [5, 5.41) is 9.35. The molecule has 18 heavy (non-hydrogen) atoms. The van der Waals surface area contributed by atoms with Crippen LogP contribution in [-0.4, -0.2) is 40.7 Å². The standard InChI is InChI=1S/C10H10F3NO4/c1-18-8(16)9(17,10(11,12)13)5-7(15)6-3-2-4-14-6/h2-4,14,17H,5H2,1H3. The maximum atomic E-state index is 12.6. The van der Waals surface area contributed by atoms with Gasteiger partial charge >= 0.3 is 12.1 Å². The number of halogens is 3. The highest BCUT2D eigenvalue weighted by atomic mass is 19.4. The number of carbonyl (C=O) groups is 2. The van der Waals surface area contributed by atoms with Crippen LogP contribution in [0.2, 0.25) is 0 Å². The van der Waals surface area contributed by atoms with Crippen LogP contribution in [0.5, 0.6) is 0 Å². The van der Waals surface area contributed by atoms with Crippen molar-refractivity contribution in [1.29, 1.82) is 0 Å². The number of aromatic amines is 1. The highest BCUT2D eigenvalue weighted by Gasteiger charge is 2.61. The lowest BCUT2D eigenvalue weighted by Crippen LogP contribution is -2.54. The van der Waals surface area contributed by atoms with Crippen molar-refractivity contribution in [2.45, 2.75) is 18.2 Å². The van der Waals surface area contributed by atoms with Crippen molar-refractivity contribution in [3.8, 4) is 0 Å². The first-order valence-electron chi connectivity index (χ1n) is 4.76. The third kappa shape index (κ3) is 2.53. The SMILES string of the molecule is COC(=O)C(O)(CC(=O)c1ccc[nH]1)C(F)(F)F. The normalized spacial score (nSPS) is 14.9. The molecule has 0 amide bonds. The number of aromatic nitrogens is 1. The summed E-state index contributed by atoms with van der Waals surface area (Å²) in [7, 11) is 0.693. The van der Waals surface area contributed by atoms with Crippen molar-refractivity contribution in [2.75, 3.05) is 7.11 Å². The number of hydrogen-bond donors (Lipinski definition) is 2. The quantitative estimate of drug-likeness (QED) is 0.630. The summed E-state index contributed by atoms with van der Waals surface area (Å²) in [6, 6.07) is 2.63. The predicted octanol–water partition coefficient (Wildman–Crippen LogP) is 1.05. The van der Waals surface area contributed by atoms with Crippen molar-refractivity contribution in [3.05, 3.63) is 24.0 Å². The average Bonchev–Trinajstić information content (AvgIpc) is 2.79. The number of esters is 1. The Balaban J connectivity index is 3.00. The molecular formula is C10H10F3NO4. The van der Waals surface area contributed by atoms with E-state index < -0.39 is 30.0 Å². The molecule has 0 radical (unpaired) electrons. The van der Waals surface area contributed by atoms with Gasteiger partial charge in [0, 0.05) is 6.20 Å². The van der Waals surface area contributed by atoms with Gasteiger partial charge in [0.2, 0.25) is 0 Å². The Bertz CT molecular complexity index is 440. The Morgan fingerprint density at radius 3 is 2.44 bits per heavy atom. The number of methoxy groups -OCH3 is 1. The van der Waals surface area contributed by atoms with Gasteiger partial charge in [0.25, 0.3) is 5.60 Å². The summed E-state index contributed by atoms with van der Waals surface area (Å²) >= 11 is 0. The first-order chi connectivity index (χ1) is 8.22. The van der Waals surface area contributed by atoms with E-state index in [2.05, 4.69) is 9.72 Å². The fourth-order valence-electron chi connectivity index (χ4n) is 1.29. The molecule has 1 atom stereocenters. The zero-order chi connectivity index (χ0) is 14.0. The number of Topliss-reactive ketones (excluding diaryl/α,β-unsaturated/α-hetero) is 1. The van der Waals surface area contributed by atoms with E-state index in [1.54, 1.807) is 0 Å². The van der Waals surface area contributed by atoms with Gasteiger partial charge in [0.05, 0.1) is 19.2 Å². The van der Waals surface area contributed by atoms with Crippen LogP contribution >= 0.6 is 0 Å². The number of alkyl halides is 3. The lowest BCUT2D eigenvalue weighted by molar-refractivity contribution is -0.260. The van der Waals surface area contributed by atoms with Crippen LogP contribution in [0, 0.1) is 0 Å². The molecule has 100 valence electrons. The minimum Gasteiger partial charge on any atom is -0.467 e. The molecule has 1 aromatic heterocycles. The third-order valence-electron chi connectivity index (χ3n) is 2.31. The molecule has 0 aliphatic carbocycles. The van der Waals surface area contributed by atoms with Gasteiger partial charge in [-0.2, -0.15) is 13.2 Å². The monoisotopic (exact) mass is 265 g/mol. The Morgan fingerprint density at radius 2 is 2.06 bits per heavy atom. The Kier molecular flexibility index (Phi) is 3.80. The van der Waals surface area contributed by atoms with E-state index in [1.807, 2.05) is 0 Å². The van der Waals surface area contributed by atoms with Crippen LogP contribution in [-0.2, 0) is 9.53 Å². The largest absolute Gasteiger partial charge is 0.467 e. The number of rotatable bonds is 4. The molecule has 0 spiro atoms. The van der Waals surface area contributed by atoms with E-state index in [4.69, 9.17) is 0 Å². The summed E-state index contributed by atoms with van der Waals surface area (Å²) in [5.74, 6) is -2.97. The summed E-state index contributed by atoms with van der Waals surface area (Å²) in [6.45, 7) is 0. The lowest BCUT2D eigenvalue weighted by atomic mass is 9.95. The first kappa shape index (κ1) is 14.2. The molecular weight excluding hydrogens is 255 g/mol. The van der Waals surface area contributed by atoms with Gasteiger partial charge in [0.1, 0.15) is 0 Å². The number of hydrogen-bond acceptors (Lipinski definition) is 4. The minimum atomic E-state index is -5.30. The van der Waals surface area contributed by atoms with Crippen LogP contribution in [0.25, 0.3) is 0 Å². The Morgan fingerprint density at radius 1 is 1.44 bits per heavy atom. The van der Waals surface area contributed by atoms with Crippen LogP contribution in [0.15, 0.2) is 18.3 Å². The second-order valence-electron chi connectivity index (χ2n) is 3.53. The van der Waals surface area contributed by atoms with Crippen molar-refractivity contribution < 1.29 is 32.6 Å². The van der Waals surface area contributed by atoms with E-state index in [0.717, 1.165) is 0 Å². The zero-order valence-electron chi connectivity index (χ0n) is 9.25. The number of carbonyl (C=O) groups excluding carboxylic acids is 2. The van der Waals surface area contributed by atoms with E-state index in [1.165, 1.54) is 18.3 Å². The minimum absolute atomic E-state index is 0.137. The van der Waals surface area contributed by atoms with Gasteiger partial charge in [-0.25, -0.2) is 4.79 Å². The average molecular weight is 265 g/mol. The van der Waals surface area contributed by atoms with E-state index in [-0.39, 0.29) is 5.69 Å². The van der Waals surface area contributed by atoms with Crippen LogP contribution < -0.4 is 0 Å². The van der Waals surface area contributed by atoms with E-state index >= 15 is 0 Å². The smallest absolute Gasteiger partial charge is 0.428 e. The molecule has 0 saturated carbocycles. The predicted molar refractivity (Wildman–Crippen MR) is 52.8 cm³/mol. The highest BCUT2D eigenvalue weighted by molar-refractivity contribution is 5.98. The molecule has 5 nitrogen and oxygen atoms in total.